The molecule has 0 unspecified atom stereocenters. The zero-order valence-electron chi connectivity index (χ0n) is 29.9. The lowest BCUT2D eigenvalue weighted by Gasteiger charge is -2.34. The van der Waals surface area contributed by atoms with Gasteiger partial charge in [-0.3, -0.25) is 0 Å². The summed E-state index contributed by atoms with van der Waals surface area (Å²) in [5.41, 5.74) is 9.73. The molecule has 55 heavy (non-hydrogen) atoms. The third-order valence-corrected chi connectivity index (χ3v) is 11.4. The Hall–Kier alpha value is -7.23. The van der Waals surface area contributed by atoms with E-state index in [9.17, 15) is 0 Å². The molecule has 0 bridgehead atoms. The van der Waals surface area contributed by atoms with E-state index >= 15 is 0 Å². The molecule has 10 aromatic rings. The van der Waals surface area contributed by atoms with Crippen LogP contribution in [0.25, 0.3) is 77.6 Å². The van der Waals surface area contributed by atoms with Crippen LogP contribution in [0.4, 0.5) is 0 Å². The molecular weight excluding hydrogens is 667 g/mol. The number of hydrogen-bond donors (Lipinski definition) is 0. The lowest BCUT2D eigenvalue weighted by molar-refractivity contribution is 0.768. The average molecular weight is 700 g/mol. The summed E-state index contributed by atoms with van der Waals surface area (Å²) in [4.78, 5) is 15.6. The molecule has 9 aromatic carbocycles. The maximum absolute atomic E-state index is 5.28. The van der Waals surface area contributed by atoms with Crippen LogP contribution in [0.3, 0.4) is 0 Å². The predicted octanol–water partition coefficient (Wildman–Crippen LogP) is 12.7. The molecule has 0 atom stereocenters. The normalized spacial score (nSPS) is 12.9. The summed E-state index contributed by atoms with van der Waals surface area (Å²) in [6, 6.07) is 71.7. The fourth-order valence-electron chi connectivity index (χ4n) is 8.89. The Morgan fingerprint density at radius 3 is 1.49 bits per heavy atom. The summed E-state index contributed by atoms with van der Waals surface area (Å²) in [6.07, 6.45) is 0. The first-order chi connectivity index (χ1) is 27.3. The van der Waals surface area contributed by atoms with Crippen LogP contribution in [-0.4, -0.2) is 15.0 Å². The molecule has 0 saturated carbocycles. The van der Waals surface area contributed by atoms with Crippen LogP contribution in [0.2, 0.25) is 0 Å². The molecule has 0 spiro atoms. The second-order valence-corrected chi connectivity index (χ2v) is 14.3. The fraction of sp³-hybridized carbons (Fsp3) is 0.0192. The minimum absolute atomic E-state index is 0.522. The van der Waals surface area contributed by atoms with E-state index in [1.54, 1.807) is 0 Å². The van der Waals surface area contributed by atoms with Gasteiger partial charge in [0.25, 0.3) is 0 Å². The van der Waals surface area contributed by atoms with Gasteiger partial charge in [0.2, 0.25) is 0 Å². The van der Waals surface area contributed by atoms with Gasteiger partial charge in [0.1, 0.15) is 0 Å². The van der Waals surface area contributed by atoms with E-state index < -0.39 is 5.41 Å². The third-order valence-electron chi connectivity index (χ3n) is 11.4. The Balaban J connectivity index is 1.14. The van der Waals surface area contributed by atoms with Gasteiger partial charge in [-0.2, -0.15) is 0 Å². The fourth-order valence-corrected chi connectivity index (χ4v) is 8.89. The van der Waals surface area contributed by atoms with Crippen LogP contribution in [0.15, 0.2) is 200 Å². The molecule has 1 heterocycles. The van der Waals surface area contributed by atoms with E-state index in [1.165, 1.54) is 65.7 Å². The quantitative estimate of drug-likeness (QED) is 0.168. The summed E-state index contributed by atoms with van der Waals surface area (Å²) in [7, 11) is 0. The molecule has 0 aliphatic heterocycles. The van der Waals surface area contributed by atoms with Gasteiger partial charge in [-0.25, -0.2) is 15.0 Å². The SMILES string of the molecule is c1ccc(-c2nc(-c3ccc4c(c3)C(c3ccccc3)(c3ccccc3)c3ccccc3-4)nc(-c3ccc4ccc5c6ccccc6ccc5c4c3)n2)cc1. The molecule has 0 radical (unpaired) electrons. The lowest BCUT2D eigenvalue weighted by atomic mass is 9.67. The van der Waals surface area contributed by atoms with E-state index in [-0.39, 0.29) is 0 Å². The molecule has 3 heteroatoms. The number of aromatic nitrogens is 3. The van der Waals surface area contributed by atoms with E-state index in [4.69, 9.17) is 15.0 Å². The highest BCUT2D eigenvalue weighted by Gasteiger charge is 2.46. The van der Waals surface area contributed by atoms with Crippen molar-refractivity contribution in [2.24, 2.45) is 0 Å². The van der Waals surface area contributed by atoms with Gasteiger partial charge < -0.3 is 0 Å². The van der Waals surface area contributed by atoms with Gasteiger partial charge in [0.15, 0.2) is 17.5 Å². The first-order valence-corrected chi connectivity index (χ1v) is 18.8. The molecule has 0 N–H and O–H groups in total. The van der Waals surface area contributed by atoms with E-state index in [0.29, 0.717) is 17.5 Å². The van der Waals surface area contributed by atoms with Gasteiger partial charge in [-0.15, -0.1) is 0 Å². The van der Waals surface area contributed by atoms with Crippen molar-refractivity contribution in [2.75, 3.05) is 0 Å². The van der Waals surface area contributed by atoms with Gasteiger partial charge in [-0.05, 0) is 77.8 Å². The van der Waals surface area contributed by atoms with Crippen LogP contribution >= 0.6 is 0 Å². The monoisotopic (exact) mass is 699 g/mol. The van der Waals surface area contributed by atoms with Gasteiger partial charge >= 0.3 is 0 Å². The van der Waals surface area contributed by atoms with Gasteiger partial charge in [0, 0.05) is 16.7 Å². The zero-order chi connectivity index (χ0) is 36.3. The Bertz CT molecular complexity index is 3040. The molecule has 0 fully saturated rings. The first kappa shape index (κ1) is 31.3. The average Bonchev–Trinajstić information content (AvgIpc) is 3.57. The Morgan fingerprint density at radius 1 is 0.291 bits per heavy atom. The molecule has 1 aromatic heterocycles. The van der Waals surface area contributed by atoms with E-state index in [1.807, 2.05) is 18.2 Å². The molecule has 11 rings (SSSR count). The molecule has 1 aliphatic carbocycles. The van der Waals surface area contributed by atoms with E-state index in [2.05, 4.69) is 182 Å². The minimum Gasteiger partial charge on any atom is -0.208 e. The highest BCUT2D eigenvalue weighted by molar-refractivity contribution is 6.17. The summed E-state index contributed by atoms with van der Waals surface area (Å²) in [6.45, 7) is 0. The van der Waals surface area contributed by atoms with Gasteiger partial charge in [0.05, 0.1) is 5.41 Å². The number of hydrogen-bond acceptors (Lipinski definition) is 3. The topological polar surface area (TPSA) is 38.7 Å². The molecule has 0 amide bonds. The maximum Gasteiger partial charge on any atom is 0.164 e. The van der Waals surface area contributed by atoms with Crippen molar-refractivity contribution < 1.29 is 0 Å². The molecule has 256 valence electrons. The van der Waals surface area contributed by atoms with Crippen LogP contribution in [-0.2, 0) is 5.41 Å². The Morgan fingerprint density at radius 2 is 0.782 bits per heavy atom. The summed E-state index contributed by atoms with van der Waals surface area (Å²) in [5.74, 6) is 1.93. The number of rotatable bonds is 5. The minimum atomic E-state index is -0.522. The zero-order valence-corrected chi connectivity index (χ0v) is 29.9. The van der Waals surface area contributed by atoms with Crippen molar-refractivity contribution in [3.05, 3.63) is 222 Å². The largest absolute Gasteiger partial charge is 0.208 e. The Labute approximate surface area is 319 Å². The van der Waals surface area contributed by atoms with Crippen molar-refractivity contribution in [3.8, 4) is 45.3 Å². The summed E-state index contributed by atoms with van der Waals surface area (Å²) < 4.78 is 0. The summed E-state index contributed by atoms with van der Waals surface area (Å²) >= 11 is 0. The second-order valence-electron chi connectivity index (χ2n) is 14.3. The standard InChI is InChI=1S/C52H33N3/c1-4-15-36(16-5-1)49-53-50(37-25-24-35-27-29-42-41-21-11-10-14-34(41)26-30-43(42)46(35)32-37)55-51(54-49)38-28-31-45-44-22-12-13-23-47(44)52(48(45)33-38,39-17-6-2-7-18-39)40-19-8-3-9-20-40/h1-33H. The van der Waals surface area contributed by atoms with E-state index in [0.717, 1.165) is 16.7 Å². The number of fused-ring (bicyclic) bond motifs is 8. The van der Waals surface area contributed by atoms with Crippen molar-refractivity contribution in [1.29, 1.82) is 0 Å². The highest BCUT2D eigenvalue weighted by atomic mass is 15.0. The van der Waals surface area contributed by atoms with Crippen LogP contribution in [0, 0.1) is 0 Å². The van der Waals surface area contributed by atoms with Crippen LogP contribution in [0.5, 0.6) is 0 Å². The Kier molecular flexibility index (Phi) is 7.08. The van der Waals surface area contributed by atoms with Crippen molar-refractivity contribution in [1.82, 2.24) is 15.0 Å². The lowest BCUT2D eigenvalue weighted by Crippen LogP contribution is -2.28. The van der Waals surface area contributed by atoms with Gasteiger partial charge in [-0.1, -0.05) is 188 Å². The first-order valence-electron chi connectivity index (χ1n) is 18.8. The maximum atomic E-state index is 5.28. The van der Waals surface area contributed by atoms with Crippen molar-refractivity contribution in [3.63, 3.8) is 0 Å². The predicted molar refractivity (Wildman–Crippen MR) is 226 cm³/mol. The number of benzene rings is 9. The second kappa shape index (κ2) is 12.4. The molecule has 1 aliphatic rings. The smallest absolute Gasteiger partial charge is 0.164 e. The van der Waals surface area contributed by atoms with Crippen molar-refractivity contribution in [2.45, 2.75) is 5.41 Å². The molecular formula is C52H33N3. The van der Waals surface area contributed by atoms with Crippen LogP contribution < -0.4 is 0 Å². The molecule has 0 saturated heterocycles. The molecule has 3 nitrogen and oxygen atoms in total. The van der Waals surface area contributed by atoms with Crippen LogP contribution in [0.1, 0.15) is 22.3 Å². The summed E-state index contributed by atoms with van der Waals surface area (Å²) in [5, 5.41) is 7.30. The van der Waals surface area contributed by atoms with Crippen molar-refractivity contribution >= 4 is 32.3 Å². The third kappa shape index (κ3) is 4.87. The number of nitrogens with zero attached hydrogens (tertiary/aromatic N) is 3. The highest BCUT2D eigenvalue weighted by Crippen LogP contribution is 2.56.